The SMILES string of the molecule is CCC(O)(c1cncnc1)c1ccc(Oc2cccc(Cl)n2)cn1. The molecule has 0 bridgehead atoms. The summed E-state index contributed by atoms with van der Waals surface area (Å²) in [7, 11) is 0. The van der Waals surface area contributed by atoms with E-state index in [0.29, 0.717) is 34.5 Å². The molecule has 6 nitrogen and oxygen atoms in total. The Balaban J connectivity index is 1.85. The Morgan fingerprint density at radius 1 is 1.12 bits per heavy atom. The van der Waals surface area contributed by atoms with E-state index >= 15 is 0 Å². The molecule has 0 aliphatic rings. The van der Waals surface area contributed by atoms with Gasteiger partial charge in [-0.3, -0.25) is 4.98 Å². The van der Waals surface area contributed by atoms with E-state index in [9.17, 15) is 5.11 Å². The van der Waals surface area contributed by atoms with Crippen molar-refractivity contribution in [1.29, 1.82) is 0 Å². The van der Waals surface area contributed by atoms with Crippen LogP contribution in [0.3, 0.4) is 0 Å². The van der Waals surface area contributed by atoms with Gasteiger partial charge in [0, 0.05) is 24.0 Å². The summed E-state index contributed by atoms with van der Waals surface area (Å²) >= 11 is 5.83. The molecule has 0 saturated carbocycles. The fourth-order valence-electron chi connectivity index (χ4n) is 2.30. The third kappa shape index (κ3) is 3.34. The summed E-state index contributed by atoms with van der Waals surface area (Å²) in [5.74, 6) is 0.871. The molecule has 0 fully saturated rings. The lowest BCUT2D eigenvalue weighted by Crippen LogP contribution is -2.27. The Morgan fingerprint density at radius 3 is 2.54 bits per heavy atom. The van der Waals surface area contributed by atoms with E-state index in [1.54, 1.807) is 42.7 Å². The Kier molecular flexibility index (Phi) is 4.69. The van der Waals surface area contributed by atoms with Crippen molar-refractivity contribution >= 4 is 11.6 Å². The zero-order chi connectivity index (χ0) is 17.0. The quantitative estimate of drug-likeness (QED) is 0.716. The summed E-state index contributed by atoms with van der Waals surface area (Å²) in [6.07, 6.45) is 6.55. The van der Waals surface area contributed by atoms with Gasteiger partial charge in [0.2, 0.25) is 5.88 Å². The van der Waals surface area contributed by atoms with Crippen LogP contribution < -0.4 is 4.74 Å². The van der Waals surface area contributed by atoms with Crippen molar-refractivity contribution in [2.75, 3.05) is 0 Å². The van der Waals surface area contributed by atoms with Crippen molar-refractivity contribution in [3.05, 3.63) is 71.7 Å². The second-order valence-electron chi connectivity index (χ2n) is 5.12. The first kappa shape index (κ1) is 16.3. The molecule has 1 unspecified atom stereocenters. The molecular formula is C17H15ClN4O2. The van der Waals surface area contributed by atoms with Crippen LogP contribution in [-0.2, 0) is 5.60 Å². The number of halogens is 1. The molecular weight excluding hydrogens is 328 g/mol. The third-order valence-corrected chi connectivity index (χ3v) is 3.83. The number of rotatable bonds is 5. The minimum absolute atomic E-state index is 0.349. The average molecular weight is 343 g/mol. The van der Waals surface area contributed by atoms with E-state index in [-0.39, 0.29) is 0 Å². The van der Waals surface area contributed by atoms with Crippen molar-refractivity contribution in [2.45, 2.75) is 18.9 Å². The molecule has 3 aromatic rings. The molecule has 0 spiro atoms. The van der Waals surface area contributed by atoms with E-state index < -0.39 is 5.60 Å². The highest BCUT2D eigenvalue weighted by molar-refractivity contribution is 6.29. The summed E-state index contributed by atoms with van der Waals surface area (Å²) in [5, 5.41) is 11.3. The van der Waals surface area contributed by atoms with Gasteiger partial charge in [-0.15, -0.1) is 0 Å². The highest BCUT2D eigenvalue weighted by Crippen LogP contribution is 2.31. The van der Waals surface area contributed by atoms with Gasteiger partial charge in [0.1, 0.15) is 22.8 Å². The molecule has 3 aromatic heterocycles. The fourth-order valence-corrected chi connectivity index (χ4v) is 2.45. The summed E-state index contributed by atoms with van der Waals surface area (Å²) < 4.78 is 5.60. The van der Waals surface area contributed by atoms with Crippen LogP contribution in [0.1, 0.15) is 24.6 Å². The maximum absolute atomic E-state index is 11.0. The Labute approximate surface area is 144 Å². The molecule has 0 aliphatic heterocycles. The molecule has 1 atom stereocenters. The summed E-state index contributed by atoms with van der Waals surface area (Å²) in [6.45, 7) is 1.87. The second kappa shape index (κ2) is 6.90. The number of ether oxygens (including phenoxy) is 1. The lowest BCUT2D eigenvalue weighted by Gasteiger charge is -2.26. The molecule has 0 saturated heterocycles. The molecule has 3 heterocycles. The van der Waals surface area contributed by atoms with Crippen molar-refractivity contribution in [2.24, 2.45) is 0 Å². The van der Waals surface area contributed by atoms with Gasteiger partial charge in [0.05, 0.1) is 11.9 Å². The number of aliphatic hydroxyl groups is 1. The van der Waals surface area contributed by atoms with Gasteiger partial charge >= 0.3 is 0 Å². The Morgan fingerprint density at radius 2 is 1.92 bits per heavy atom. The monoisotopic (exact) mass is 342 g/mol. The molecule has 24 heavy (non-hydrogen) atoms. The van der Waals surface area contributed by atoms with Crippen molar-refractivity contribution < 1.29 is 9.84 Å². The topological polar surface area (TPSA) is 81.0 Å². The van der Waals surface area contributed by atoms with Crippen LogP contribution in [0.15, 0.2) is 55.2 Å². The Hall–Kier alpha value is -2.57. The first-order chi connectivity index (χ1) is 11.6. The highest BCUT2D eigenvalue weighted by atomic mass is 35.5. The number of hydrogen-bond acceptors (Lipinski definition) is 6. The normalized spacial score (nSPS) is 13.3. The van der Waals surface area contributed by atoms with Gasteiger partial charge in [-0.1, -0.05) is 24.6 Å². The van der Waals surface area contributed by atoms with Gasteiger partial charge in [0.15, 0.2) is 0 Å². The fraction of sp³-hybridized carbons (Fsp3) is 0.176. The van der Waals surface area contributed by atoms with E-state index in [1.165, 1.54) is 12.5 Å². The first-order valence-electron chi connectivity index (χ1n) is 7.36. The molecule has 0 aromatic carbocycles. The highest BCUT2D eigenvalue weighted by Gasteiger charge is 2.31. The number of aromatic nitrogens is 4. The van der Waals surface area contributed by atoms with Crippen molar-refractivity contribution in [3.8, 4) is 11.6 Å². The van der Waals surface area contributed by atoms with E-state index in [4.69, 9.17) is 16.3 Å². The standard InChI is InChI=1S/C17H15ClN4O2/c1-2-17(23,12-8-19-11-20-9-12)14-7-6-13(10-21-14)24-16-5-3-4-15(18)22-16/h3-11,23H,2H2,1H3. The zero-order valence-electron chi connectivity index (χ0n) is 12.9. The van der Waals surface area contributed by atoms with Crippen LogP contribution in [0.2, 0.25) is 5.15 Å². The average Bonchev–Trinajstić information content (AvgIpc) is 2.62. The van der Waals surface area contributed by atoms with Gasteiger partial charge in [-0.2, -0.15) is 0 Å². The van der Waals surface area contributed by atoms with Gasteiger partial charge < -0.3 is 9.84 Å². The van der Waals surface area contributed by atoms with E-state index in [2.05, 4.69) is 19.9 Å². The van der Waals surface area contributed by atoms with Crippen LogP contribution in [-0.4, -0.2) is 25.0 Å². The molecule has 0 aliphatic carbocycles. The van der Waals surface area contributed by atoms with Crippen LogP contribution in [0.4, 0.5) is 0 Å². The number of hydrogen-bond donors (Lipinski definition) is 1. The lowest BCUT2D eigenvalue weighted by molar-refractivity contribution is 0.0711. The summed E-state index contributed by atoms with van der Waals surface area (Å²) in [6, 6.07) is 8.53. The van der Waals surface area contributed by atoms with Gasteiger partial charge in [-0.25, -0.2) is 15.0 Å². The maximum atomic E-state index is 11.0. The van der Waals surface area contributed by atoms with Crippen LogP contribution in [0.5, 0.6) is 11.6 Å². The molecule has 0 radical (unpaired) electrons. The maximum Gasteiger partial charge on any atom is 0.220 e. The minimum atomic E-state index is -1.26. The van der Waals surface area contributed by atoms with E-state index in [1.807, 2.05) is 6.92 Å². The minimum Gasteiger partial charge on any atom is -0.437 e. The number of pyridine rings is 2. The van der Waals surface area contributed by atoms with Gasteiger partial charge in [0.25, 0.3) is 0 Å². The smallest absolute Gasteiger partial charge is 0.220 e. The predicted molar refractivity (Wildman–Crippen MR) is 88.9 cm³/mol. The molecule has 7 heteroatoms. The largest absolute Gasteiger partial charge is 0.437 e. The van der Waals surface area contributed by atoms with Crippen LogP contribution >= 0.6 is 11.6 Å². The van der Waals surface area contributed by atoms with Crippen LogP contribution in [0, 0.1) is 0 Å². The summed E-state index contributed by atoms with van der Waals surface area (Å²) in [5.41, 5.74) is -0.176. The first-order valence-corrected chi connectivity index (χ1v) is 7.74. The van der Waals surface area contributed by atoms with Crippen LogP contribution in [0.25, 0.3) is 0 Å². The molecule has 0 amide bonds. The molecule has 3 rings (SSSR count). The Bertz CT molecular complexity index is 814. The van der Waals surface area contributed by atoms with E-state index in [0.717, 1.165) is 0 Å². The van der Waals surface area contributed by atoms with Gasteiger partial charge in [-0.05, 0) is 24.6 Å². The number of nitrogens with zero attached hydrogens (tertiary/aromatic N) is 4. The summed E-state index contributed by atoms with van der Waals surface area (Å²) in [4.78, 5) is 16.3. The predicted octanol–water partition coefficient (Wildman–Crippen LogP) is 3.36. The third-order valence-electron chi connectivity index (χ3n) is 3.62. The lowest BCUT2D eigenvalue weighted by atomic mass is 9.89. The van der Waals surface area contributed by atoms with Crippen molar-refractivity contribution in [3.63, 3.8) is 0 Å². The van der Waals surface area contributed by atoms with Crippen molar-refractivity contribution in [1.82, 2.24) is 19.9 Å². The molecule has 1 N–H and O–H groups in total. The second-order valence-corrected chi connectivity index (χ2v) is 5.51. The zero-order valence-corrected chi connectivity index (χ0v) is 13.7. The molecule has 122 valence electrons.